The quantitative estimate of drug-likeness (QED) is 0.923. The van der Waals surface area contributed by atoms with Crippen molar-refractivity contribution in [3.05, 3.63) is 35.4 Å². The molecule has 0 amide bonds. The Labute approximate surface area is 115 Å². The van der Waals surface area contributed by atoms with E-state index in [0.29, 0.717) is 13.0 Å². The van der Waals surface area contributed by atoms with Gasteiger partial charge in [-0.15, -0.1) is 0 Å². The molecule has 108 valence electrons. The normalized spacial score (nSPS) is 29.6. The van der Waals surface area contributed by atoms with Crippen LogP contribution in [0.1, 0.15) is 24.8 Å². The van der Waals surface area contributed by atoms with E-state index >= 15 is 0 Å². The van der Waals surface area contributed by atoms with Gasteiger partial charge in [-0.3, -0.25) is 4.79 Å². The first-order valence-corrected chi connectivity index (χ1v) is 6.82. The maximum absolute atomic E-state index is 13.8. The van der Waals surface area contributed by atoms with Gasteiger partial charge in [0.25, 0.3) is 0 Å². The maximum Gasteiger partial charge on any atom is 0.312 e. The van der Waals surface area contributed by atoms with Gasteiger partial charge in [0.1, 0.15) is 5.41 Å². The Morgan fingerprint density at radius 3 is 2.80 bits per heavy atom. The van der Waals surface area contributed by atoms with Gasteiger partial charge in [0, 0.05) is 6.61 Å². The SMILES string of the molecule is O=C(O)C1(Cc2cccc(F)c2F)CCOC1C1CC1. The highest BCUT2D eigenvalue weighted by Crippen LogP contribution is 2.49. The van der Waals surface area contributed by atoms with Crippen LogP contribution in [-0.4, -0.2) is 23.8 Å². The van der Waals surface area contributed by atoms with Crippen LogP contribution in [0.5, 0.6) is 0 Å². The minimum Gasteiger partial charge on any atom is -0.481 e. The second-order valence-electron chi connectivity index (χ2n) is 5.73. The molecule has 1 heterocycles. The fourth-order valence-corrected chi connectivity index (χ4v) is 3.17. The van der Waals surface area contributed by atoms with Gasteiger partial charge >= 0.3 is 5.97 Å². The van der Waals surface area contributed by atoms with Crippen LogP contribution in [0.4, 0.5) is 8.78 Å². The van der Waals surface area contributed by atoms with E-state index in [2.05, 4.69) is 0 Å². The van der Waals surface area contributed by atoms with E-state index in [9.17, 15) is 18.7 Å². The minimum absolute atomic E-state index is 0.0207. The Morgan fingerprint density at radius 2 is 2.15 bits per heavy atom. The summed E-state index contributed by atoms with van der Waals surface area (Å²) >= 11 is 0. The average molecular weight is 282 g/mol. The molecule has 1 aliphatic carbocycles. The summed E-state index contributed by atoms with van der Waals surface area (Å²) in [7, 11) is 0. The first-order chi connectivity index (χ1) is 9.54. The standard InChI is InChI=1S/C15H16F2O3/c16-11-3-1-2-10(12(11)17)8-15(14(18)19)6-7-20-13(15)9-4-5-9/h1-3,9,13H,4-8H2,(H,18,19). The lowest BCUT2D eigenvalue weighted by Gasteiger charge is -2.30. The predicted molar refractivity (Wildman–Crippen MR) is 67.2 cm³/mol. The van der Waals surface area contributed by atoms with Crippen LogP contribution >= 0.6 is 0 Å². The number of ether oxygens (including phenoxy) is 1. The third kappa shape index (κ3) is 2.10. The topological polar surface area (TPSA) is 46.5 Å². The molecule has 1 saturated heterocycles. The molecule has 2 unspecified atom stereocenters. The number of carboxylic acids is 1. The highest BCUT2D eigenvalue weighted by molar-refractivity contribution is 5.76. The molecule has 1 N–H and O–H groups in total. The van der Waals surface area contributed by atoms with Gasteiger partial charge < -0.3 is 9.84 Å². The Bertz CT molecular complexity index is 542. The van der Waals surface area contributed by atoms with E-state index in [1.54, 1.807) is 0 Å². The van der Waals surface area contributed by atoms with Crippen LogP contribution in [0.3, 0.4) is 0 Å². The molecule has 0 spiro atoms. The van der Waals surface area contributed by atoms with Gasteiger partial charge in [0.15, 0.2) is 11.6 Å². The van der Waals surface area contributed by atoms with Gasteiger partial charge in [0.2, 0.25) is 0 Å². The monoisotopic (exact) mass is 282 g/mol. The summed E-state index contributed by atoms with van der Waals surface area (Å²) in [6.07, 6.45) is 1.84. The van der Waals surface area contributed by atoms with E-state index in [1.165, 1.54) is 12.1 Å². The highest BCUT2D eigenvalue weighted by atomic mass is 19.2. The van der Waals surface area contributed by atoms with Crippen molar-refractivity contribution in [3.63, 3.8) is 0 Å². The molecular formula is C15H16F2O3. The van der Waals surface area contributed by atoms with E-state index in [0.717, 1.165) is 18.9 Å². The number of halogens is 2. The summed E-state index contributed by atoms with van der Waals surface area (Å²) in [5.74, 6) is -2.62. The smallest absolute Gasteiger partial charge is 0.312 e. The lowest BCUT2D eigenvalue weighted by atomic mass is 9.74. The van der Waals surface area contributed by atoms with Crippen LogP contribution in [0.2, 0.25) is 0 Å². The van der Waals surface area contributed by atoms with Crippen LogP contribution in [0.25, 0.3) is 0 Å². The second kappa shape index (κ2) is 4.81. The fourth-order valence-electron chi connectivity index (χ4n) is 3.17. The van der Waals surface area contributed by atoms with Crippen molar-refractivity contribution in [2.24, 2.45) is 11.3 Å². The first-order valence-electron chi connectivity index (χ1n) is 6.82. The molecule has 20 heavy (non-hydrogen) atoms. The Morgan fingerprint density at radius 1 is 1.40 bits per heavy atom. The van der Waals surface area contributed by atoms with E-state index in [1.807, 2.05) is 0 Å². The molecule has 0 bridgehead atoms. The van der Waals surface area contributed by atoms with Gasteiger partial charge in [-0.05, 0) is 43.2 Å². The van der Waals surface area contributed by atoms with Crippen molar-refractivity contribution < 1.29 is 23.4 Å². The molecule has 3 nitrogen and oxygen atoms in total. The molecule has 3 rings (SSSR count). The van der Waals surface area contributed by atoms with Gasteiger partial charge in [-0.1, -0.05) is 12.1 Å². The first kappa shape index (κ1) is 13.5. The van der Waals surface area contributed by atoms with E-state index in [-0.39, 0.29) is 24.0 Å². The number of aliphatic carboxylic acids is 1. The molecule has 1 aromatic rings. The van der Waals surface area contributed by atoms with Crippen LogP contribution in [-0.2, 0) is 16.0 Å². The lowest BCUT2D eigenvalue weighted by Crippen LogP contribution is -2.42. The summed E-state index contributed by atoms with van der Waals surface area (Å²) in [5, 5.41) is 9.64. The fraction of sp³-hybridized carbons (Fsp3) is 0.533. The highest BCUT2D eigenvalue weighted by Gasteiger charge is 2.56. The Hall–Kier alpha value is -1.49. The van der Waals surface area contributed by atoms with Crippen molar-refractivity contribution >= 4 is 5.97 Å². The summed E-state index contributed by atoms with van der Waals surface area (Å²) in [6.45, 7) is 0.365. The minimum atomic E-state index is -1.13. The van der Waals surface area contributed by atoms with Gasteiger partial charge in [-0.2, -0.15) is 0 Å². The van der Waals surface area contributed by atoms with Gasteiger partial charge in [0.05, 0.1) is 6.10 Å². The zero-order valence-electron chi connectivity index (χ0n) is 10.9. The second-order valence-corrected chi connectivity index (χ2v) is 5.73. The van der Waals surface area contributed by atoms with Crippen LogP contribution in [0, 0.1) is 23.0 Å². The number of hydrogen-bond donors (Lipinski definition) is 1. The molecule has 0 aromatic heterocycles. The summed E-state index contributed by atoms with van der Waals surface area (Å²) < 4.78 is 32.7. The number of hydrogen-bond acceptors (Lipinski definition) is 2. The largest absolute Gasteiger partial charge is 0.481 e. The molecule has 2 aliphatic rings. The molecule has 2 atom stereocenters. The summed E-state index contributed by atoms with van der Waals surface area (Å²) in [4.78, 5) is 11.8. The Balaban J connectivity index is 1.95. The lowest BCUT2D eigenvalue weighted by molar-refractivity contribution is -0.153. The van der Waals surface area contributed by atoms with Crippen LogP contribution < -0.4 is 0 Å². The molecule has 2 fully saturated rings. The third-order valence-corrected chi connectivity index (χ3v) is 4.40. The molecule has 1 aromatic carbocycles. The maximum atomic E-state index is 13.8. The summed E-state index contributed by atoms with van der Waals surface area (Å²) in [6, 6.07) is 3.90. The number of benzene rings is 1. The molecule has 5 heteroatoms. The number of carboxylic acid groups (broad SMARTS) is 1. The summed E-state index contributed by atoms with van der Waals surface area (Å²) in [5.41, 5.74) is -1.01. The third-order valence-electron chi connectivity index (χ3n) is 4.40. The number of rotatable bonds is 4. The van der Waals surface area contributed by atoms with E-state index < -0.39 is 23.0 Å². The molecule has 1 saturated carbocycles. The number of carbonyl (C=O) groups is 1. The van der Waals surface area contributed by atoms with Crippen molar-refractivity contribution in [3.8, 4) is 0 Å². The van der Waals surface area contributed by atoms with E-state index in [4.69, 9.17) is 4.74 Å². The molecule has 1 aliphatic heterocycles. The zero-order valence-corrected chi connectivity index (χ0v) is 10.9. The zero-order chi connectivity index (χ0) is 14.3. The van der Waals surface area contributed by atoms with Crippen molar-refractivity contribution in [1.82, 2.24) is 0 Å². The average Bonchev–Trinajstić information content (AvgIpc) is 3.16. The van der Waals surface area contributed by atoms with Gasteiger partial charge in [-0.25, -0.2) is 8.78 Å². The molecule has 0 radical (unpaired) electrons. The van der Waals surface area contributed by atoms with Crippen molar-refractivity contribution in [2.75, 3.05) is 6.61 Å². The predicted octanol–water partition coefficient (Wildman–Crippen LogP) is 2.78. The van der Waals surface area contributed by atoms with Crippen LogP contribution in [0.15, 0.2) is 18.2 Å². The van der Waals surface area contributed by atoms with Crippen molar-refractivity contribution in [1.29, 1.82) is 0 Å². The van der Waals surface area contributed by atoms with Crippen molar-refractivity contribution in [2.45, 2.75) is 31.8 Å². The molecular weight excluding hydrogens is 266 g/mol. The Kier molecular flexibility index (Phi) is 3.24.